The molecule has 34 heavy (non-hydrogen) atoms. The molecule has 0 saturated heterocycles. The average molecular weight is 489 g/mol. The van der Waals surface area contributed by atoms with E-state index in [-0.39, 0.29) is 29.8 Å². The highest BCUT2D eigenvalue weighted by atomic mass is 32.2. The number of benzene rings is 2. The predicted octanol–water partition coefficient (Wildman–Crippen LogP) is 2.25. The van der Waals surface area contributed by atoms with Crippen molar-refractivity contribution in [1.82, 2.24) is 10.0 Å². The molecule has 1 atom stereocenters. The summed E-state index contributed by atoms with van der Waals surface area (Å²) in [6, 6.07) is 12.2. The Morgan fingerprint density at radius 2 is 1.82 bits per heavy atom. The maximum atomic E-state index is 12.5. The lowest BCUT2D eigenvalue weighted by molar-refractivity contribution is -0.148. The summed E-state index contributed by atoms with van der Waals surface area (Å²) in [4.78, 5) is 24.3. The van der Waals surface area contributed by atoms with Crippen LogP contribution in [0.25, 0.3) is 0 Å². The van der Waals surface area contributed by atoms with Crippen molar-refractivity contribution in [2.45, 2.75) is 43.0 Å². The number of nitrogens with one attached hydrogen (secondary N) is 2. The summed E-state index contributed by atoms with van der Waals surface area (Å²) in [6.07, 6.45) is 3.30. The lowest BCUT2D eigenvalue weighted by Crippen LogP contribution is -2.34. The maximum Gasteiger partial charge on any atom is 0.307 e. The number of ether oxygens (including phenoxy) is 3. The van der Waals surface area contributed by atoms with E-state index < -0.39 is 22.6 Å². The molecule has 0 unspecified atom stereocenters. The van der Waals surface area contributed by atoms with Gasteiger partial charge in [0.2, 0.25) is 10.0 Å². The SMILES string of the molecule is O=C(COC(=O)CCNS(=O)(=O)c1ccc2c(c1)OCCCO2)N[C@@H]1CCCc2ccccc21. The van der Waals surface area contributed by atoms with Crippen molar-refractivity contribution in [2.75, 3.05) is 26.4 Å². The minimum atomic E-state index is -3.85. The van der Waals surface area contributed by atoms with Gasteiger partial charge in [0.1, 0.15) is 0 Å². The van der Waals surface area contributed by atoms with Crippen LogP contribution < -0.4 is 19.5 Å². The number of sulfonamides is 1. The number of esters is 1. The van der Waals surface area contributed by atoms with Crippen molar-refractivity contribution in [2.24, 2.45) is 0 Å². The molecule has 0 fully saturated rings. The Balaban J connectivity index is 1.21. The van der Waals surface area contributed by atoms with Crippen molar-refractivity contribution in [3.63, 3.8) is 0 Å². The summed E-state index contributed by atoms with van der Waals surface area (Å²) in [5, 5.41) is 2.91. The second-order valence-corrected chi connectivity index (χ2v) is 9.95. The second kappa shape index (κ2) is 10.9. The highest BCUT2D eigenvalue weighted by Crippen LogP contribution is 2.32. The Kier molecular flexibility index (Phi) is 7.69. The summed E-state index contributed by atoms with van der Waals surface area (Å²) >= 11 is 0. The first-order valence-corrected chi connectivity index (χ1v) is 12.8. The van der Waals surface area contributed by atoms with Gasteiger partial charge in [0, 0.05) is 19.0 Å². The van der Waals surface area contributed by atoms with Gasteiger partial charge in [0.25, 0.3) is 5.91 Å². The predicted molar refractivity (Wildman–Crippen MR) is 123 cm³/mol. The van der Waals surface area contributed by atoms with Crippen LogP contribution in [0.3, 0.4) is 0 Å². The van der Waals surface area contributed by atoms with E-state index in [4.69, 9.17) is 14.2 Å². The Bertz CT molecular complexity index is 1150. The molecule has 2 aliphatic rings. The Morgan fingerprint density at radius 3 is 2.68 bits per heavy atom. The second-order valence-electron chi connectivity index (χ2n) is 8.18. The smallest absolute Gasteiger partial charge is 0.307 e. The molecular weight excluding hydrogens is 460 g/mol. The largest absolute Gasteiger partial charge is 0.490 e. The highest BCUT2D eigenvalue weighted by molar-refractivity contribution is 7.89. The lowest BCUT2D eigenvalue weighted by atomic mass is 9.88. The van der Waals surface area contributed by atoms with Crippen molar-refractivity contribution < 1.29 is 32.2 Å². The molecular formula is C24H28N2O7S. The van der Waals surface area contributed by atoms with Crippen LogP contribution in [0, 0.1) is 0 Å². The zero-order valence-corrected chi connectivity index (χ0v) is 19.6. The zero-order chi connectivity index (χ0) is 24.0. The van der Waals surface area contributed by atoms with Gasteiger partial charge in [-0.3, -0.25) is 9.59 Å². The third-order valence-electron chi connectivity index (χ3n) is 5.72. The molecule has 1 heterocycles. The fourth-order valence-electron chi connectivity index (χ4n) is 4.04. The topological polar surface area (TPSA) is 120 Å². The van der Waals surface area contributed by atoms with Crippen LogP contribution in [-0.4, -0.2) is 46.7 Å². The molecule has 1 aliphatic heterocycles. The molecule has 4 rings (SSSR count). The summed E-state index contributed by atoms with van der Waals surface area (Å²) in [5.74, 6) is -0.190. The summed E-state index contributed by atoms with van der Waals surface area (Å²) < 4.78 is 43.5. The first-order valence-electron chi connectivity index (χ1n) is 11.3. The third kappa shape index (κ3) is 6.06. The standard InChI is InChI=1S/C24H28N2O7S/c27-23(26-20-8-3-6-17-5-1-2-7-19(17)20)16-33-24(28)11-12-25-34(29,30)18-9-10-21-22(15-18)32-14-4-13-31-21/h1-2,5,7,9-10,15,20,25H,3-4,6,8,11-14,16H2,(H,26,27)/t20-/m1/s1. The fourth-order valence-corrected chi connectivity index (χ4v) is 5.09. The number of carbonyl (C=O) groups is 2. The van der Waals surface area contributed by atoms with E-state index in [1.165, 1.54) is 17.7 Å². The molecule has 10 heteroatoms. The minimum absolute atomic E-state index is 0.0114. The molecule has 182 valence electrons. The summed E-state index contributed by atoms with van der Waals surface area (Å²) in [6.45, 7) is 0.377. The zero-order valence-electron chi connectivity index (χ0n) is 18.7. The fraction of sp³-hybridized carbons (Fsp3) is 0.417. The Hall–Kier alpha value is -3.11. The average Bonchev–Trinajstić information content (AvgIpc) is 3.08. The Labute approximate surface area is 198 Å². The van der Waals surface area contributed by atoms with E-state index in [0.717, 1.165) is 24.8 Å². The van der Waals surface area contributed by atoms with Crippen LogP contribution in [0.4, 0.5) is 0 Å². The minimum Gasteiger partial charge on any atom is -0.490 e. The van der Waals surface area contributed by atoms with Crippen molar-refractivity contribution in [1.29, 1.82) is 0 Å². The monoisotopic (exact) mass is 488 g/mol. The van der Waals surface area contributed by atoms with Crippen LogP contribution in [0.5, 0.6) is 11.5 Å². The van der Waals surface area contributed by atoms with Crippen LogP contribution in [0.1, 0.15) is 42.9 Å². The van der Waals surface area contributed by atoms with Crippen LogP contribution >= 0.6 is 0 Å². The molecule has 9 nitrogen and oxygen atoms in total. The van der Waals surface area contributed by atoms with Crippen LogP contribution in [-0.2, 0) is 30.8 Å². The number of amides is 1. The first-order chi connectivity index (χ1) is 16.4. The van der Waals surface area contributed by atoms with Gasteiger partial charge in [0.05, 0.1) is 30.6 Å². The van der Waals surface area contributed by atoms with Crippen molar-refractivity contribution in [3.8, 4) is 11.5 Å². The number of fused-ring (bicyclic) bond motifs is 2. The van der Waals surface area contributed by atoms with Gasteiger partial charge in [0.15, 0.2) is 18.1 Å². The molecule has 0 aromatic heterocycles. The number of hydrogen-bond donors (Lipinski definition) is 2. The van der Waals surface area contributed by atoms with Crippen molar-refractivity contribution in [3.05, 3.63) is 53.6 Å². The molecule has 2 N–H and O–H groups in total. The molecule has 2 aromatic rings. The van der Waals surface area contributed by atoms with E-state index in [2.05, 4.69) is 16.1 Å². The molecule has 0 bridgehead atoms. The third-order valence-corrected chi connectivity index (χ3v) is 7.18. The van der Waals surface area contributed by atoms with Crippen LogP contribution in [0.15, 0.2) is 47.4 Å². The van der Waals surface area contributed by atoms with E-state index in [1.54, 1.807) is 6.07 Å². The Morgan fingerprint density at radius 1 is 1.03 bits per heavy atom. The van der Waals surface area contributed by atoms with Gasteiger partial charge in [-0.25, -0.2) is 13.1 Å². The molecule has 2 aromatic carbocycles. The quantitative estimate of drug-likeness (QED) is 0.547. The summed E-state index contributed by atoms with van der Waals surface area (Å²) in [5.41, 5.74) is 2.31. The van der Waals surface area contributed by atoms with Gasteiger partial charge >= 0.3 is 5.97 Å². The van der Waals surface area contributed by atoms with E-state index in [0.29, 0.717) is 31.1 Å². The van der Waals surface area contributed by atoms with E-state index in [1.807, 2.05) is 18.2 Å². The van der Waals surface area contributed by atoms with Crippen LogP contribution in [0.2, 0.25) is 0 Å². The van der Waals surface area contributed by atoms with Gasteiger partial charge < -0.3 is 19.5 Å². The van der Waals surface area contributed by atoms with Gasteiger partial charge in [-0.1, -0.05) is 24.3 Å². The normalized spacial score (nSPS) is 17.2. The van der Waals surface area contributed by atoms with Gasteiger partial charge in [-0.15, -0.1) is 0 Å². The van der Waals surface area contributed by atoms with Gasteiger partial charge in [-0.05, 0) is 42.5 Å². The highest BCUT2D eigenvalue weighted by Gasteiger charge is 2.22. The van der Waals surface area contributed by atoms with E-state index >= 15 is 0 Å². The maximum absolute atomic E-state index is 12.5. The number of carbonyl (C=O) groups excluding carboxylic acids is 2. The molecule has 1 amide bonds. The molecule has 0 radical (unpaired) electrons. The molecule has 0 saturated carbocycles. The number of hydrogen-bond acceptors (Lipinski definition) is 7. The number of rotatable bonds is 8. The van der Waals surface area contributed by atoms with Gasteiger partial charge in [-0.2, -0.15) is 0 Å². The number of aryl methyl sites for hydroxylation is 1. The first kappa shape index (κ1) is 24.0. The molecule has 0 spiro atoms. The lowest BCUT2D eigenvalue weighted by Gasteiger charge is -2.26. The molecule has 1 aliphatic carbocycles. The summed E-state index contributed by atoms with van der Waals surface area (Å²) in [7, 11) is -3.85. The van der Waals surface area contributed by atoms with E-state index in [9.17, 15) is 18.0 Å². The van der Waals surface area contributed by atoms with Crippen molar-refractivity contribution >= 4 is 21.9 Å².